The maximum Gasteiger partial charge on any atom is 0.191 e. The van der Waals surface area contributed by atoms with Crippen molar-refractivity contribution in [1.29, 1.82) is 0 Å². The SMILES string of the molecule is CCNC(=NCc1ccc(Br)cc1)NCCn1cnnc1CC.I. The van der Waals surface area contributed by atoms with Crippen LogP contribution in [0.5, 0.6) is 0 Å². The molecule has 24 heavy (non-hydrogen) atoms. The van der Waals surface area contributed by atoms with Crippen LogP contribution in [0.4, 0.5) is 0 Å². The Kier molecular flexibility index (Phi) is 9.92. The van der Waals surface area contributed by atoms with E-state index in [1.165, 1.54) is 5.56 Å². The van der Waals surface area contributed by atoms with Crippen LogP contribution in [0, 0.1) is 0 Å². The molecule has 0 atom stereocenters. The summed E-state index contributed by atoms with van der Waals surface area (Å²) in [7, 11) is 0. The van der Waals surface area contributed by atoms with Crippen LogP contribution in [-0.4, -0.2) is 33.8 Å². The second-order valence-electron chi connectivity index (χ2n) is 5.04. The maximum absolute atomic E-state index is 4.61. The molecule has 0 radical (unpaired) electrons. The van der Waals surface area contributed by atoms with Gasteiger partial charge in [-0.3, -0.25) is 0 Å². The first-order valence-electron chi connectivity index (χ1n) is 7.86. The average Bonchev–Trinajstić information content (AvgIpc) is 3.01. The van der Waals surface area contributed by atoms with Crippen molar-refractivity contribution in [3.8, 4) is 0 Å². The van der Waals surface area contributed by atoms with Crippen LogP contribution in [0.1, 0.15) is 25.2 Å². The second kappa shape index (κ2) is 11.4. The van der Waals surface area contributed by atoms with Gasteiger partial charge in [-0.05, 0) is 24.6 Å². The Balaban J connectivity index is 0.00000288. The summed E-state index contributed by atoms with van der Waals surface area (Å²) in [6.45, 7) is 7.22. The second-order valence-corrected chi connectivity index (χ2v) is 5.96. The van der Waals surface area contributed by atoms with E-state index in [1.807, 2.05) is 12.1 Å². The van der Waals surface area contributed by atoms with E-state index in [0.717, 1.165) is 42.3 Å². The first-order chi connectivity index (χ1) is 11.2. The third-order valence-corrected chi connectivity index (χ3v) is 3.86. The highest BCUT2D eigenvalue weighted by molar-refractivity contribution is 14.0. The van der Waals surface area contributed by atoms with Crippen LogP contribution in [0.2, 0.25) is 0 Å². The molecule has 1 heterocycles. The van der Waals surface area contributed by atoms with Crippen molar-refractivity contribution in [2.75, 3.05) is 13.1 Å². The molecule has 0 saturated carbocycles. The third-order valence-electron chi connectivity index (χ3n) is 3.33. The predicted molar refractivity (Wildman–Crippen MR) is 112 cm³/mol. The lowest BCUT2D eigenvalue weighted by Crippen LogP contribution is -2.38. The number of aromatic nitrogens is 3. The highest BCUT2D eigenvalue weighted by Crippen LogP contribution is 2.11. The summed E-state index contributed by atoms with van der Waals surface area (Å²) >= 11 is 3.44. The zero-order valence-electron chi connectivity index (χ0n) is 14.0. The first kappa shape index (κ1) is 20.9. The van der Waals surface area contributed by atoms with Crippen molar-refractivity contribution in [3.63, 3.8) is 0 Å². The molecule has 2 aromatic rings. The number of aliphatic imine (C=N–C) groups is 1. The number of nitrogens with one attached hydrogen (secondary N) is 2. The van der Waals surface area contributed by atoms with Gasteiger partial charge in [-0.2, -0.15) is 0 Å². The molecule has 1 aromatic carbocycles. The van der Waals surface area contributed by atoms with Gasteiger partial charge in [0.1, 0.15) is 12.2 Å². The number of halogens is 2. The largest absolute Gasteiger partial charge is 0.357 e. The summed E-state index contributed by atoms with van der Waals surface area (Å²) in [5.41, 5.74) is 1.18. The molecule has 8 heteroatoms. The molecule has 0 fully saturated rings. The van der Waals surface area contributed by atoms with Gasteiger partial charge in [-0.15, -0.1) is 34.2 Å². The molecule has 0 bridgehead atoms. The van der Waals surface area contributed by atoms with Gasteiger partial charge < -0.3 is 15.2 Å². The number of aryl methyl sites for hydroxylation is 1. The number of hydrogen-bond donors (Lipinski definition) is 2. The van der Waals surface area contributed by atoms with Crippen LogP contribution in [0.15, 0.2) is 40.1 Å². The van der Waals surface area contributed by atoms with Crippen molar-refractivity contribution in [3.05, 3.63) is 46.5 Å². The van der Waals surface area contributed by atoms with Gasteiger partial charge in [0, 0.05) is 30.5 Å². The van der Waals surface area contributed by atoms with Gasteiger partial charge in [-0.25, -0.2) is 4.99 Å². The van der Waals surface area contributed by atoms with Crippen molar-refractivity contribution < 1.29 is 0 Å². The quantitative estimate of drug-likeness (QED) is 0.344. The van der Waals surface area contributed by atoms with E-state index < -0.39 is 0 Å². The van der Waals surface area contributed by atoms with Crippen LogP contribution >= 0.6 is 39.9 Å². The molecular formula is C16H24BrIN6. The Morgan fingerprint density at radius 1 is 1.21 bits per heavy atom. The molecule has 0 saturated heterocycles. The summed E-state index contributed by atoms with van der Waals surface area (Å²) in [4.78, 5) is 4.61. The highest BCUT2D eigenvalue weighted by Gasteiger charge is 2.02. The summed E-state index contributed by atoms with van der Waals surface area (Å²) in [5, 5.41) is 14.6. The highest BCUT2D eigenvalue weighted by atomic mass is 127. The first-order valence-corrected chi connectivity index (χ1v) is 8.65. The zero-order chi connectivity index (χ0) is 16.5. The van der Waals surface area contributed by atoms with Gasteiger partial charge in [0.15, 0.2) is 5.96 Å². The van der Waals surface area contributed by atoms with Gasteiger partial charge in [-0.1, -0.05) is 35.0 Å². The number of benzene rings is 1. The zero-order valence-corrected chi connectivity index (χ0v) is 17.9. The van der Waals surface area contributed by atoms with Crippen LogP contribution in [0.25, 0.3) is 0 Å². The maximum atomic E-state index is 4.61. The van der Waals surface area contributed by atoms with Gasteiger partial charge in [0.2, 0.25) is 0 Å². The van der Waals surface area contributed by atoms with E-state index in [-0.39, 0.29) is 24.0 Å². The lowest BCUT2D eigenvalue weighted by molar-refractivity contribution is 0.632. The van der Waals surface area contributed by atoms with E-state index in [4.69, 9.17) is 0 Å². The molecular weight excluding hydrogens is 483 g/mol. The fourth-order valence-electron chi connectivity index (χ4n) is 2.14. The minimum absolute atomic E-state index is 0. The molecule has 2 rings (SSSR count). The molecule has 0 amide bonds. The molecule has 0 spiro atoms. The molecule has 0 aliphatic carbocycles. The molecule has 0 aliphatic heterocycles. The van der Waals surface area contributed by atoms with E-state index in [0.29, 0.717) is 6.54 Å². The Morgan fingerprint density at radius 3 is 2.62 bits per heavy atom. The number of hydrogen-bond acceptors (Lipinski definition) is 3. The van der Waals surface area contributed by atoms with E-state index in [1.54, 1.807) is 6.33 Å². The van der Waals surface area contributed by atoms with Gasteiger partial charge in [0.05, 0.1) is 6.54 Å². The smallest absolute Gasteiger partial charge is 0.191 e. The average molecular weight is 507 g/mol. The minimum atomic E-state index is 0. The fraction of sp³-hybridized carbons (Fsp3) is 0.438. The Morgan fingerprint density at radius 2 is 1.96 bits per heavy atom. The van der Waals surface area contributed by atoms with Crippen molar-refractivity contribution >= 4 is 45.9 Å². The van der Waals surface area contributed by atoms with Crippen molar-refractivity contribution in [2.45, 2.75) is 33.4 Å². The van der Waals surface area contributed by atoms with Gasteiger partial charge in [0.25, 0.3) is 0 Å². The standard InChI is InChI=1S/C16H23BrN6.HI/c1-3-15-22-21-12-23(15)10-9-19-16(18-4-2)20-11-13-5-7-14(17)8-6-13;/h5-8,12H,3-4,9-11H2,1-2H3,(H2,18,19,20);1H. The lowest BCUT2D eigenvalue weighted by Gasteiger charge is -2.12. The van der Waals surface area contributed by atoms with Crippen LogP contribution < -0.4 is 10.6 Å². The van der Waals surface area contributed by atoms with Crippen molar-refractivity contribution in [1.82, 2.24) is 25.4 Å². The summed E-state index contributed by atoms with van der Waals surface area (Å²) in [6.07, 6.45) is 2.66. The molecule has 0 unspecified atom stereocenters. The van der Waals surface area contributed by atoms with Crippen molar-refractivity contribution in [2.24, 2.45) is 4.99 Å². The molecule has 132 valence electrons. The molecule has 6 nitrogen and oxygen atoms in total. The number of guanidine groups is 1. The lowest BCUT2D eigenvalue weighted by atomic mass is 10.2. The normalized spacial score (nSPS) is 11.0. The van der Waals surface area contributed by atoms with Crippen LogP contribution in [-0.2, 0) is 19.5 Å². The number of nitrogens with zero attached hydrogens (tertiary/aromatic N) is 4. The third kappa shape index (κ3) is 6.76. The number of rotatable bonds is 7. The van der Waals surface area contributed by atoms with E-state index >= 15 is 0 Å². The monoisotopic (exact) mass is 506 g/mol. The summed E-state index contributed by atoms with van der Waals surface area (Å²) in [5.74, 6) is 1.82. The summed E-state index contributed by atoms with van der Waals surface area (Å²) < 4.78 is 3.14. The summed E-state index contributed by atoms with van der Waals surface area (Å²) in [6, 6.07) is 8.21. The van der Waals surface area contributed by atoms with Gasteiger partial charge >= 0.3 is 0 Å². The van der Waals surface area contributed by atoms with Crippen LogP contribution in [0.3, 0.4) is 0 Å². The topological polar surface area (TPSA) is 67.1 Å². The molecule has 1 aromatic heterocycles. The Labute approximate surface area is 168 Å². The predicted octanol–water partition coefficient (Wildman–Crippen LogP) is 2.98. The fourth-order valence-corrected chi connectivity index (χ4v) is 2.40. The Bertz CT molecular complexity index is 626. The van der Waals surface area contributed by atoms with E-state index in [2.05, 4.69) is 72.3 Å². The molecule has 0 aliphatic rings. The minimum Gasteiger partial charge on any atom is -0.357 e. The molecule has 2 N–H and O–H groups in total. The van der Waals surface area contributed by atoms with E-state index in [9.17, 15) is 0 Å². The Hall–Kier alpha value is -1.16.